The monoisotopic (exact) mass is 1150 g/mol. The number of esters is 3. The molecule has 0 heterocycles. The molecule has 0 radical (unpaired) electrons. The first kappa shape index (κ1) is 79.1. The topological polar surface area (TPSA) is 78.9 Å². The van der Waals surface area contributed by atoms with E-state index >= 15 is 0 Å². The largest absolute Gasteiger partial charge is 0.462 e. The Morgan fingerprint density at radius 3 is 0.807 bits per heavy atom. The van der Waals surface area contributed by atoms with Gasteiger partial charge in [-0.1, -0.05) is 316 Å². The molecule has 6 heteroatoms. The van der Waals surface area contributed by atoms with E-state index in [1.807, 2.05) is 6.08 Å². The number of rotatable bonds is 64. The molecule has 83 heavy (non-hydrogen) atoms. The highest BCUT2D eigenvalue weighted by atomic mass is 16.6. The van der Waals surface area contributed by atoms with Crippen LogP contribution >= 0.6 is 0 Å². The van der Waals surface area contributed by atoms with E-state index in [-0.39, 0.29) is 37.5 Å². The average molecular weight is 1150 g/mol. The van der Waals surface area contributed by atoms with Crippen molar-refractivity contribution >= 4 is 17.9 Å². The summed E-state index contributed by atoms with van der Waals surface area (Å²) in [6, 6.07) is 0. The third-order valence-corrected chi connectivity index (χ3v) is 15.2. The summed E-state index contributed by atoms with van der Waals surface area (Å²) in [6.07, 6.45) is 97.1. The van der Waals surface area contributed by atoms with Gasteiger partial charge in [0.15, 0.2) is 6.10 Å². The molecule has 0 amide bonds. The van der Waals surface area contributed by atoms with Crippen molar-refractivity contribution in [1.29, 1.82) is 0 Å². The molecule has 0 fully saturated rings. The summed E-state index contributed by atoms with van der Waals surface area (Å²) >= 11 is 0. The Morgan fingerprint density at radius 2 is 0.494 bits per heavy atom. The Bertz CT molecular complexity index is 1660. The van der Waals surface area contributed by atoms with Crippen LogP contribution in [-0.4, -0.2) is 37.2 Å². The molecule has 0 aliphatic carbocycles. The summed E-state index contributed by atoms with van der Waals surface area (Å²) in [5.41, 5.74) is 0. The van der Waals surface area contributed by atoms with Crippen LogP contribution in [0, 0.1) is 0 Å². The van der Waals surface area contributed by atoms with E-state index < -0.39 is 6.10 Å². The molecule has 6 nitrogen and oxygen atoms in total. The van der Waals surface area contributed by atoms with E-state index in [1.165, 1.54) is 212 Å². The van der Waals surface area contributed by atoms with Gasteiger partial charge in [0.05, 0.1) is 0 Å². The van der Waals surface area contributed by atoms with Crippen molar-refractivity contribution in [2.75, 3.05) is 13.2 Å². The van der Waals surface area contributed by atoms with E-state index in [2.05, 4.69) is 124 Å². The SMILES string of the molecule is CC/C=C\C/C=C\C/C=C\C/C=C\CCC(=O)OCC(COC(=O)CCCCCCCCCCCCCCCC/C=C\C/C=C\C/C=C\CCCCCCC)OC(=O)CCCCCCCCCCCCC/C=C\C/C=C\CCCCCCC. The van der Waals surface area contributed by atoms with E-state index in [0.29, 0.717) is 19.3 Å². The fourth-order valence-corrected chi connectivity index (χ4v) is 9.97. The molecule has 0 rings (SSSR count). The summed E-state index contributed by atoms with van der Waals surface area (Å²) in [4.78, 5) is 38.4. The predicted molar refractivity (Wildman–Crippen MR) is 362 cm³/mol. The third kappa shape index (κ3) is 68.7. The minimum atomic E-state index is -0.811. The molecule has 0 spiro atoms. The van der Waals surface area contributed by atoms with Crippen molar-refractivity contribution in [3.8, 4) is 0 Å². The minimum absolute atomic E-state index is 0.100. The van der Waals surface area contributed by atoms with Crippen molar-refractivity contribution in [3.63, 3.8) is 0 Å². The zero-order valence-electron chi connectivity index (χ0n) is 54.7. The van der Waals surface area contributed by atoms with Gasteiger partial charge in [0.2, 0.25) is 0 Å². The zero-order chi connectivity index (χ0) is 59.9. The number of ether oxygens (including phenoxy) is 3. The molecule has 0 aliphatic heterocycles. The van der Waals surface area contributed by atoms with Crippen LogP contribution in [0.3, 0.4) is 0 Å². The Hall–Kier alpha value is -3.93. The number of hydrogen-bond donors (Lipinski definition) is 0. The first-order valence-corrected chi connectivity index (χ1v) is 35.4. The van der Waals surface area contributed by atoms with Gasteiger partial charge in [-0.2, -0.15) is 0 Å². The maximum atomic E-state index is 12.9. The number of hydrogen-bond acceptors (Lipinski definition) is 6. The molecule has 0 saturated carbocycles. The van der Waals surface area contributed by atoms with Crippen molar-refractivity contribution in [3.05, 3.63) is 109 Å². The molecule has 0 bridgehead atoms. The molecular weight excluding hydrogens is 1020 g/mol. The fraction of sp³-hybridized carbons (Fsp3) is 0.727. The van der Waals surface area contributed by atoms with Gasteiger partial charge in [-0.25, -0.2) is 0 Å². The smallest absolute Gasteiger partial charge is 0.306 e. The maximum absolute atomic E-state index is 12.9. The Labute approximate surface area is 514 Å². The number of carbonyl (C=O) groups excluding carboxylic acids is 3. The number of unbranched alkanes of at least 4 members (excludes halogenated alkanes) is 35. The molecule has 0 aromatic carbocycles. The van der Waals surface area contributed by atoms with Gasteiger partial charge in [0, 0.05) is 19.3 Å². The van der Waals surface area contributed by atoms with Gasteiger partial charge < -0.3 is 14.2 Å². The molecular formula is C77H132O6. The van der Waals surface area contributed by atoms with E-state index in [9.17, 15) is 14.4 Å². The number of allylic oxidation sites excluding steroid dienone is 18. The highest BCUT2D eigenvalue weighted by Gasteiger charge is 2.19. The summed E-state index contributed by atoms with van der Waals surface area (Å²) in [5.74, 6) is -0.977. The second kappa shape index (κ2) is 70.6. The van der Waals surface area contributed by atoms with Crippen LogP contribution in [0.2, 0.25) is 0 Å². The van der Waals surface area contributed by atoms with Gasteiger partial charge in [-0.05, 0) is 116 Å². The van der Waals surface area contributed by atoms with Gasteiger partial charge in [0.25, 0.3) is 0 Å². The maximum Gasteiger partial charge on any atom is 0.306 e. The fourth-order valence-electron chi connectivity index (χ4n) is 9.97. The Morgan fingerprint density at radius 1 is 0.253 bits per heavy atom. The van der Waals surface area contributed by atoms with Crippen molar-refractivity contribution in [2.24, 2.45) is 0 Å². The molecule has 0 saturated heterocycles. The van der Waals surface area contributed by atoms with Crippen LogP contribution in [0.25, 0.3) is 0 Å². The van der Waals surface area contributed by atoms with E-state index in [4.69, 9.17) is 14.2 Å². The van der Waals surface area contributed by atoms with Gasteiger partial charge in [-0.3, -0.25) is 14.4 Å². The first-order chi connectivity index (χ1) is 41.0. The van der Waals surface area contributed by atoms with Crippen molar-refractivity contribution in [2.45, 2.75) is 348 Å². The lowest BCUT2D eigenvalue weighted by Crippen LogP contribution is -2.30. The highest BCUT2D eigenvalue weighted by molar-refractivity contribution is 5.71. The summed E-state index contributed by atoms with van der Waals surface area (Å²) < 4.78 is 16.9. The molecule has 0 N–H and O–H groups in total. The second-order valence-electron chi connectivity index (χ2n) is 23.4. The summed E-state index contributed by atoms with van der Waals surface area (Å²) in [5, 5.41) is 0. The van der Waals surface area contributed by atoms with Gasteiger partial charge in [0.1, 0.15) is 13.2 Å². The molecule has 1 unspecified atom stereocenters. The van der Waals surface area contributed by atoms with Crippen molar-refractivity contribution in [1.82, 2.24) is 0 Å². The Balaban J connectivity index is 4.29. The van der Waals surface area contributed by atoms with E-state index in [1.54, 1.807) is 0 Å². The molecule has 1 atom stereocenters. The van der Waals surface area contributed by atoms with Gasteiger partial charge in [-0.15, -0.1) is 0 Å². The van der Waals surface area contributed by atoms with Crippen LogP contribution in [0.15, 0.2) is 109 Å². The lowest BCUT2D eigenvalue weighted by Gasteiger charge is -2.18. The summed E-state index contributed by atoms with van der Waals surface area (Å²) in [7, 11) is 0. The van der Waals surface area contributed by atoms with Crippen LogP contribution in [-0.2, 0) is 28.6 Å². The second-order valence-corrected chi connectivity index (χ2v) is 23.4. The van der Waals surface area contributed by atoms with Crippen LogP contribution < -0.4 is 0 Å². The average Bonchev–Trinajstić information content (AvgIpc) is 3.49. The van der Waals surface area contributed by atoms with Crippen LogP contribution in [0.5, 0.6) is 0 Å². The molecule has 476 valence electrons. The molecule has 0 aromatic heterocycles. The highest BCUT2D eigenvalue weighted by Crippen LogP contribution is 2.17. The Kier molecular flexibility index (Phi) is 67.2. The van der Waals surface area contributed by atoms with Gasteiger partial charge >= 0.3 is 17.9 Å². The quantitative estimate of drug-likeness (QED) is 0.0261. The molecule has 0 aromatic rings. The van der Waals surface area contributed by atoms with Crippen LogP contribution in [0.4, 0.5) is 0 Å². The zero-order valence-corrected chi connectivity index (χ0v) is 54.7. The van der Waals surface area contributed by atoms with Crippen LogP contribution in [0.1, 0.15) is 342 Å². The standard InChI is InChI=1S/C77H132O6/c1-4-7-10-13-16-19-22-25-27-29-31-33-35-36-37-38-39-40-42-43-45-47-49-52-55-58-61-64-67-70-76(79)82-73-74(72-81-75(78)69-66-63-60-57-54-51-24-21-18-15-12-9-6-3)83-77(80)71-68-65-62-59-56-53-50-48-46-44-41-34-32-30-28-26-23-20-17-14-11-8-5-2/h9,12,18,21-23,25-26,29-32,35-36,51,54,60,63,74H,4-8,10-11,13-17,19-20,24,27-28,33-34,37-50,52-53,55-59,61-62,64-73H2,1-3H3/b12-9-,21-18-,25-22-,26-23-,31-29-,32-30-,36-35-,54-51-,63-60-. The normalized spacial score (nSPS) is 12.8. The number of carbonyl (C=O) groups is 3. The lowest BCUT2D eigenvalue weighted by molar-refractivity contribution is -0.166. The first-order valence-electron chi connectivity index (χ1n) is 35.4. The van der Waals surface area contributed by atoms with Crippen molar-refractivity contribution < 1.29 is 28.6 Å². The molecule has 0 aliphatic rings. The predicted octanol–water partition coefficient (Wildman–Crippen LogP) is 24.6. The minimum Gasteiger partial charge on any atom is -0.462 e. The third-order valence-electron chi connectivity index (χ3n) is 15.2. The lowest BCUT2D eigenvalue weighted by atomic mass is 10.0. The van der Waals surface area contributed by atoms with E-state index in [0.717, 1.165) is 83.5 Å². The summed E-state index contributed by atoms with van der Waals surface area (Å²) in [6.45, 7) is 6.47.